The Hall–Kier alpha value is -2.50. The van der Waals surface area contributed by atoms with E-state index >= 15 is 0 Å². The van der Waals surface area contributed by atoms with E-state index in [9.17, 15) is 0 Å². The third-order valence-corrected chi connectivity index (χ3v) is 2.63. The fourth-order valence-corrected chi connectivity index (χ4v) is 1.71. The second kappa shape index (κ2) is 6.10. The van der Waals surface area contributed by atoms with Crippen molar-refractivity contribution in [2.75, 3.05) is 36.6 Å². The van der Waals surface area contributed by atoms with Crippen LogP contribution in [0.1, 0.15) is 6.92 Å². The number of rotatable bonds is 5. The van der Waals surface area contributed by atoms with Gasteiger partial charge in [-0.3, -0.25) is 0 Å². The number of nitrogens with one attached hydrogen (secondary N) is 1. The molecule has 2 rings (SSSR count). The Labute approximate surface area is 118 Å². The molecule has 0 spiro atoms. The highest BCUT2D eigenvalue weighted by atomic mass is 16.5. The number of ether oxygens (including phenoxy) is 1. The summed E-state index contributed by atoms with van der Waals surface area (Å²) in [6.07, 6.45) is 0. The van der Waals surface area contributed by atoms with E-state index < -0.39 is 0 Å². The van der Waals surface area contributed by atoms with E-state index in [4.69, 9.17) is 10.5 Å². The van der Waals surface area contributed by atoms with Gasteiger partial charge >= 0.3 is 0 Å². The molecule has 0 unspecified atom stereocenters. The highest BCUT2D eigenvalue weighted by Crippen LogP contribution is 2.25. The Morgan fingerprint density at radius 1 is 1.25 bits per heavy atom. The predicted molar refractivity (Wildman–Crippen MR) is 81.5 cm³/mol. The van der Waals surface area contributed by atoms with Crippen LogP contribution in [-0.2, 0) is 0 Å². The summed E-state index contributed by atoms with van der Waals surface area (Å²) < 4.78 is 5.74. The number of aromatic nitrogens is 2. The van der Waals surface area contributed by atoms with Gasteiger partial charge in [0, 0.05) is 38.5 Å². The number of anilines is 3. The van der Waals surface area contributed by atoms with Crippen molar-refractivity contribution in [3.8, 4) is 11.6 Å². The summed E-state index contributed by atoms with van der Waals surface area (Å²) in [5.74, 6) is 1.96. The van der Waals surface area contributed by atoms with Gasteiger partial charge in [0.1, 0.15) is 11.6 Å². The third kappa shape index (κ3) is 3.50. The Morgan fingerprint density at radius 3 is 2.75 bits per heavy atom. The molecule has 6 heteroatoms. The molecule has 1 aromatic carbocycles. The summed E-state index contributed by atoms with van der Waals surface area (Å²) in [6, 6.07) is 9.47. The van der Waals surface area contributed by atoms with Crippen LogP contribution in [0.4, 0.5) is 17.5 Å². The van der Waals surface area contributed by atoms with Gasteiger partial charge in [-0.15, -0.1) is 0 Å². The number of hydrogen-bond acceptors (Lipinski definition) is 6. The molecule has 2 aromatic rings. The van der Waals surface area contributed by atoms with Crippen LogP contribution in [0.2, 0.25) is 0 Å². The Bertz CT molecular complexity index is 586. The van der Waals surface area contributed by atoms with Gasteiger partial charge in [0.2, 0.25) is 11.8 Å². The lowest BCUT2D eigenvalue weighted by atomic mass is 10.3. The van der Waals surface area contributed by atoms with Crippen molar-refractivity contribution >= 4 is 17.5 Å². The van der Waals surface area contributed by atoms with Crippen LogP contribution in [0.3, 0.4) is 0 Å². The lowest BCUT2D eigenvalue weighted by Crippen LogP contribution is -2.08. The Morgan fingerprint density at radius 2 is 2.05 bits per heavy atom. The largest absolute Gasteiger partial charge is 0.439 e. The van der Waals surface area contributed by atoms with Crippen molar-refractivity contribution < 1.29 is 4.74 Å². The molecule has 0 saturated carbocycles. The number of nitrogens with zero attached hydrogens (tertiary/aromatic N) is 3. The zero-order valence-corrected chi connectivity index (χ0v) is 11.9. The van der Waals surface area contributed by atoms with E-state index in [0.29, 0.717) is 17.4 Å². The first-order valence-corrected chi connectivity index (χ1v) is 6.42. The zero-order valence-electron chi connectivity index (χ0n) is 11.9. The third-order valence-electron chi connectivity index (χ3n) is 2.63. The summed E-state index contributed by atoms with van der Waals surface area (Å²) in [4.78, 5) is 10.2. The fraction of sp³-hybridized carbons (Fsp3) is 0.286. The minimum absolute atomic E-state index is 0.183. The number of nitrogens with two attached hydrogens (primary N) is 1. The molecule has 0 fully saturated rings. The average molecular weight is 273 g/mol. The van der Waals surface area contributed by atoms with Crippen molar-refractivity contribution in [1.82, 2.24) is 9.97 Å². The van der Waals surface area contributed by atoms with Crippen LogP contribution in [0.25, 0.3) is 0 Å². The Kier molecular flexibility index (Phi) is 4.24. The van der Waals surface area contributed by atoms with E-state index in [0.717, 1.165) is 12.2 Å². The summed E-state index contributed by atoms with van der Waals surface area (Å²) in [7, 11) is 3.95. The minimum atomic E-state index is 0.183. The second-order valence-corrected chi connectivity index (χ2v) is 4.47. The lowest BCUT2D eigenvalue weighted by molar-refractivity contribution is 0.463. The van der Waals surface area contributed by atoms with Crippen LogP contribution in [-0.4, -0.2) is 30.6 Å². The summed E-state index contributed by atoms with van der Waals surface area (Å²) in [5.41, 5.74) is 6.72. The van der Waals surface area contributed by atoms with Crippen LogP contribution in [0, 0.1) is 0 Å². The summed E-state index contributed by atoms with van der Waals surface area (Å²) in [6.45, 7) is 2.74. The van der Waals surface area contributed by atoms with Crippen molar-refractivity contribution in [2.45, 2.75) is 6.92 Å². The fourth-order valence-electron chi connectivity index (χ4n) is 1.71. The van der Waals surface area contributed by atoms with Crippen molar-refractivity contribution in [3.63, 3.8) is 0 Å². The molecule has 0 bridgehead atoms. The van der Waals surface area contributed by atoms with E-state index in [2.05, 4.69) is 15.3 Å². The number of nitrogen functional groups attached to an aromatic ring is 1. The van der Waals surface area contributed by atoms with E-state index in [1.807, 2.05) is 50.2 Å². The van der Waals surface area contributed by atoms with Crippen LogP contribution < -0.4 is 20.7 Å². The molecular formula is C14H19N5O. The Balaban J connectivity index is 2.23. The topological polar surface area (TPSA) is 76.3 Å². The maximum atomic E-state index is 5.74. The number of hydrogen-bond donors (Lipinski definition) is 2. The van der Waals surface area contributed by atoms with Crippen molar-refractivity contribution in [2.24, 2.45) is 0 Å². The molecule has 1 aromatic heterocycles. The minimum Gasteiger partial charge on any atom is -0.439 e. The van der Waals surface area contributed by atoms with Crippen LogP contribution >= 0.6 is 0 Å². The van der Waals surface area contributed by atoms with E-state index in [1.54, 1.807) is 6.07 Å². The molecule has 106 valence electrons. The van der Waals surface area contributed by atoms with Gasteiger partial charge in [-0.25, -0.2) is 0 Å². The molecule has 6 nitrogen and oxygen atoms in total. The van der Waals surface area contributed by atoms with Gasteiger partial charge in [0.15, 0.2) is 0 Å². The van der Waals surface area contributed by atoms with E-state index in [-0.39, 0.29) is 5.95 Å². The molecule has 20 heavy (non-hydrogen) atoms. The summed E-state index contributed by atoms with van der Waals surface area (Å²) in [5, 5.41) is 3.08. The monoisotopic (exact) mass is 273 g/mol. The highest BCUT2D eigenvalue weighted by molar-refractivity contribution is 5.51. The maximum Gasteiger partial charge on any atom is 0.226 e. The summed E-state index contributed by atoms with van der Waals surface area (Å²) >= 11 is 0. The zero-order chi connectivity index (χ0) is 14.5. The van der Waals surface area contributed by atoms with Crippen LogP contribution in [0.15, 0.2) is 30.3 Å². The van der Waals surface area contributed by atoms with Crippen LogP contribution in [0.5, 0.6) is 11.6 Å². The smallest absolute Gasteiger partial charge is 0.226 e. The number of benzene rings is 1. The second-order valence-electron chi connectivity index (χ2n) is 4.47. The molecule has 0 aliphatic carbocycles. The van der Waals surface area contributed by atoms with E-state index in [1.165, 1.54) is 0 Å². The van der Waals surface area contributed by atoms with Gasteiger partial charge in [0.05, 0.1) is 0 Å². The molecule has 0 aliphatic heterocycles. The maximum absolute atomic E-state index is 5.74. The van der Waals surface area contributed by atoms with Gasteiger partial charge in [-0.2, -0.15) is 9.97 Å². The lowest BCUT2D eigenvalue weighted by Gasteiger charge is -2.14. The average Bonchev–Trinajstić information content (AvgIpc) is 2.38. The first-order valence-electron chi connectivity index (χ1n) is 6.42. The quantitative estimate of drug-likeness (QED) is 0.871. The van der Waals surface area contributed by atoms with Gasteiger partial charge in [-0.1, -0.05) is 6.07 Å². The predicted octanol–water partition coefficient (Wildman–Crippen LogP) is 2.35. The molecular weight excluding hydrogens is 254 g/mol. The van der Waals surface area contributed by atoms with Crippen molar-refractivity contribution in [3.05, 3.63) is 30.3 Å². The van der Waals surface area contributed by atoms with Crippen molar-refractivity contribution in [1.29, 1.82) is 0 Å². The first-order chi connectivity index (χ1) is 9.58. The molecule has 0 saturated heterocycles. The highest BCUT2D eigenvalue weighted by Gasteiger charge is 2.05. The molecule has 0 aliphatic rings. The normalized spacial score (nSPS) is 10.2. The molecule has 1 heterocycles. The van der Waals surface area contributed by atoms with Gasteiger partial charge < -0.3 is 20.7 Å². The first kappa shape index (κ1) is 13.9. The molecule has 0 radical (unpaired) electrons. The SMILES string of the molecule is CCNc1cc(Oc2cccc(N(C)C)c2)nc(N)n1. The standard InChI is InChI=1S/C14H19N5O/c1-4-16-12-9-13(18-14(15)17-12)20-11-7-5-6-10(8-11)19(2)3/h5-9H,4H2,1-3H3,(H3,15,16,17,18). The van der Waals surface area contributed by atoms with Gasteiger partial charge in [-0.05, 0) is 19.1 Å². The molecule has 0 atom stereocenters. The molecule has 3 N–H and O–H groups in total. The molecule has 0 amide bonds. The van der Waals surface area contributed by atoms with Gasteiger partial charge in [0.25, 0.3) is 0 Å².